The topological polar surface area (TPSA) is 18.5 Å². The Morgan fingerprint density at radius 1 is 0.467 bits per heavy atom. The summed E-state index contributed by atoms with van der Waals surface area (Å²) in [5.74, 6) is 0.680. The van der Waals surface area contributed by atoms with Gasteiger partial charge in [-0.1, -0.05) is 74.6 Å². The maximum atomic E-state index is 14.6. The van der Waals surface area contributed by atoms with Crippen LogP contribution in [-0.2, 0) is 10.8 Å². The van der Waals surface area contributed by atoms with E-state index in [-0.39, 0.29) is 16.9 Å². The molecule has 0 bridgehead atoms. The van der Waals surface area contributed by atoms with Crippen molar-refractivity contribution in [2.75, 3.05) is 0 Å². The van der Waals surface area contributed by atoms with Crippen LogP contribution in [-0.4, -0.2) is 18.0 Å². The summed E-state index contributed by atoms with van der Waals surface area (Å²) in [6.45, 7) is 11.7. The highest BCUT2D eigenvalue weighted by molar-refractivity contribution is 8.05. The molecular formula is C35H32F6O2S2. The summed E-state index contributed by atoms with van der Waals surface area (Å²) in [7, 11) is 0. The molecule has 0 saturated heterocycles. The van der Waals surface area contributed by atoms with E-state index < -0.39 is 34.5 Å². The third-order valence-corrected chi connectivity index (χ3v) is 9.78. The standard InChI is InChI=1S/C35H32F6O2S2/c1-31(2,3)23-11-17-27-29(19-23)44-28-18-16-26(20-30(28)45-27)42-24-12-7-21(8-13-24)33(34(36,37)38,35(39,40)41)22-9-14-25(15-10-22)43-32(4,5)6/h7-20H,1-6H3. The first-order chi connectivity index (χ1) is 20.8. The van der Waals surface area contributed by atoms with Crippen molar-refractivity contribution >= 4 is 23.5 Å². The van der Waals surface area contributed by atoms with Crippen LogP contribution in [0.25, 0.3) is 0 Å². The third kappa shape index (κ3) is 6.68. The molecule has 0 aliphatic carbocycles. The van der Waals surface area contributed by atoms with Crippen LogP contribution < -0.4 is 9.47 Å². The van der Waals surface area contributed by atoms with Gasteiger partial charge in [0.15, 0.2) is 0 Å². The Morgan fingerprint density at radius 3 is 1.36 bits per heavy atom. The second-order valence-electron chi connectivity index (χ2n) is 12.8. The van der Waals surface area contributed by atoms with Crippen LogP contribution in [0.3, 0.4) is 0 Å². The van der Waals surface area contributed by atoms with E-state index in [1.165, 1.54) is 5.56 Å². The molecule has 0 N–H and O–H groups in total. The highest BCUT2D eigenvalue weighted by Crippen LogP contribution is 2.57. The second kappa shape index (κ2) is 11.5. The van der Waals surface area contributed by atoms with Crippen LogP contribution in [0.1, 0.15) is 58.2 Å². The fourth-order valence-electron chi connectivity index (χ4n) is 5.11. The molecule has 0 unspecified atom stereocenters. The zero-order valence-electron chi connectivity index (χ0n) is 25.5. The van der Waals surface area contributed by atoms with Gasteiger partial charge in [0.1, 0.15) is 22.8 Å². The minimum atomic E-state index is -5.70. The summed E-state index contributed by atoms with van der Waals surface area (Å²) in [6.07, 6.45) is -11.4. The molecule has 1 aliphatic heterocycles. The summed E-state index contributed by atoms with van der Waals surface area (Å²) in [4.78, 5) is 4.21. The van der Waals surface area contributed by atoms with Gasteiger partial charge >= 0.3 is 12.4 Å². The summed E-state index contributed by atoms with van der Waals surface area (Å²) < 4.78 is 99.2. The number of alkyl halides is 6. The monoisotopic (exact) mass is 662 g/mol. The van der Waals surface area contributed by atoms with Crippen molar-refractivity contribution in [3.05, 3.63) is 102 Å². The Morgan fingerprint density at radius 2 is 0.889 bits per heavy atom. The molecule has 0 amide bonds. The smallest absolute Gasteiger partial charge is 0.411 e. The van der Waals surface area contributed by atoms with Crippen molar-refractivity contribution in [3.63, 3.8) is 0 Å². The van der Waals surface area contributed by atoms with Crippen LogP contribution in [0.5, 0.6) is 17.2 Å². The van der Waals surface area contributed by atoms with Crippen LogP contribution in [0.2, 0.25) is 0 Å². The Balaban J connectivity index is 1.43. The van der Waals surface area contributed by atoms with Gasteiger partial charge < -0.3 is 9.47 Å². The quantitative estimate of drug-likeness (QED) is 0.174. The average Bonchev–Trinajstić information content (AvgIpc) is 2.91. The van der Waals surface area contributed by atoms with Crippen LogP contribution >= 0.6 is 23.5 Å². The lowest BCUT2D eigenvalue weighted by Crippen LogP contribution is -2.54. The van der Waals surface area contributed by atoms with Gasteiger partial charge in [0.2, 0.25) is 5.41 Å². The van der Waals surface area contributed by atoms with Crippen LogP contribution in [0.4, 0.5) is 26.3 Å². The van der Waals surface area contributed by atoms with Gasteiger partial charge in [0.05, 0.1) is 0 Å². The van der Waals surface area contributed by atoms with E-state index in [9.17, 15) is 26.3 Å². The largest absolute Gasteiger partial charge is 0.488 e. The molecule has 0 atom stereocenters. The molecule has 0 saturated carbocycles. The molecule has 10 heteroatoms. The van der Waals surface area contributed by atoms with E-state index in [0.717, 1.165) is 68.1 Å². The molecule has 4 aromatic rings. The van der Waals surface area contributed by atoms with Crippen molar-refractivity contribution in [2.24, 2.45) is 0 Å². The van der Waals surface area contributed by atoms with Gasteiger partial charge in [-0.2, -0.15) is 26.3 Å². The molecule has 0 aromatic heterocycles. The number of rotatable bonds is 5. The summed E-state index contributed by atoms with van der Waals surface area (Å²) >= 11 is 3.22. The molecule has 1 aliphatic rings. The zero-order valence-corrected chi connectivity index (χ0v) is 27.1. The van der Waals surface area contributed by atoms with E-state index in [0.29, 0.717) is 5.75 Å². The van der Waals surface area contributed by atoms with Crippen LogP contribution in [0.15, 0.2) is 105 Å². The Hall–Kier alpha value is -3.24. The third-order valence-electron chi connectivity index (χ3n) is 7.25. The Kier molecular flexibility index (Phi) is 8.49. The fraction of sp³-hybridized carbons (Fsp3) is 0.314. The van der Waals surface area contributed by atoms with E-state index >= 15 is 0 Å². The van der Waals surface area contributed by atoms with Gasteiger partial charge in [-0.05, 0) is 97.5 Å². The highest BCUT2D eigenvalue weighted by atomic mass is 32.2. The summed E-state index contributed by atoms with van der Waals surface area (Å²) in [5, 5.41) is 0. The van der Waals surface area contributed by atoms with Crippen molar-refractivity contribution in [2.45, 2.75) is 89.9 Å². The molecule has 1 heterocycles. The molecule has 0 spiro atoms. The zero-order chi connectivity index (χ0) is 33.0. The van der Waals surface area contributed by atoms with Gasteiger partial charge in [0, 0.05) is 19.6 Å². The first-order valence-corrected chi connectivity index (χ1v) is 15.8. The van der Waals surface area contributed by atoms with Gasteiger partial charge in [-0.3, -0.25) is 0 Å². The van der Waals surface area contributed by atoms with Crippen molar-refractivity contribution < 1.29 is 35.8 Å². The highest BCUT2D eigenvalue weighted by Gasteiger charge is 2.72. The van der Waals surface area contributed by atoms with E-state index in [2.05, 4.69) is 39.0 Å². The van der Waals surface area contributed by atoms with Crippen molar-refractivity contribution in [3.8, 4) is 17.2 Å². The van der Waals surface area contributed by atoms with Gasteiger partial charge in [-0.15, -0.1) is 0 Å². The summed E-state index contributed by atoms with van der Waals surface area (Å²) in [6, 6.07) is 19.6. The Labute approximate surface area is 267 Å². The lowest BCUT2D eigenvalue weighted by atomic mass is 9.73. The number of halogens is 6. The molecule has 238 valence electrons. The van der Waals surface area contributed by atoms with Crippen molar-refractivity contribution in [1.29, 1.82) is 0 Å². The SMILES string of the molecule is CC(C)(C)Oc1ccc(C(c2ccc(Oc3ccc4c(c3)Sc3ccc(C(C)(C)C)cc3S4)cc2)(C(F)(F)F)C(F)(F)F)cc1. The molecule has 2 nitrogen and oxygen atoms in total. The second-order valence-corrected chi connectivity index (χ2v) is 15.0. The molecule has 45 heavy (non-hydrogen) atoms. The van der Waals surface area contributed by atoms with Crippen molar-refractivity contribution in [1.82, 2.24) is 0 Å². The maximum Gasteiger partial charge on any atom is 0.411 e. The number of fused-ring (bicyclic) bond motifs is 2. The number of benzene rings is 4. The van der Waals surface area contributed by atoms with E-state index in [4.69, 9.17) is 9.47 Å². The van der Waals surface area contributed by atoms with Gasteiger partial charge in [-0.25, -0.2) is 0 Å². The molecule has 5 rings (SSSR count). The van der Waals surface area contributed by atoms with Crippen LogP contribution in [0, 0.1) is 0 Å². The first-order valence-electron chi connectivity index (χ1n) is 14.1. The number of hydrogen-bond acceptors (Lipinski definition) is 4. The summed E-state index contributed by atoms with van der Waals surface area (Å²) in [5.41, 5.74) is -5.64. The molecule has 0 fully saturated rings. The predicted molar refractivity (Wildman–Crippen MR) is 166 cm³/mol. The van der Waals surface area contributed by atoms with Gasteiger partial charge in [0.25, 0.3) is 0 Å². The minimum absolute atomic E-state index is 0.0132. The lowest BCUT2D eigenvalue weighted by Gasteiger charge is -2.38. The lowest BCUT2D eigenvalue weighted by molar-refractivity contribution is -0.288. The fourth-order valence-corrected chi connectivity index (χ4v) is 7.37. The molecular weight excluding hydrogens is 631 g/mol. The Bertz CT molecular complexity index is 1670. The molecule has 4 aromatic carbocycles. The van der Waals surface area contributed by atoms with E-state index in [1.54, 1.807) is 50.4 Å². The number of hydrogen-bond donors (Lipinski definition) is 0. The molecule has 0 radical (unpaired) electrons. The predicted octanol–water partition coefficient (Wildman–Crippen LogP) is 12.0. The minimum Gasteiger partial charge on any atom is -0.488 e. The average molecular weight is 663 g/mol. The van der Waals surface area contributed by atoms with E-state index in [1.807, 2.05) is 12.1 Å². The number of ether oxygens (including phenoxy) is 2. The normalized spacial score (nSPS) is 14.0. The first kappa shape index (κ1) is 33.1. The maximum absolute atomic E-state index is 14.6.